The summed E-state index contributed by atoms with van der Waals surface area (Å²) in [6.45, 7) is 3.16. The summed E-state index contributed by atoms with van der Waals surface area (Å²) >= 11 is 0. The zero-order chi connectivity index (χ0) is 14.8. The first kappa shape index (κ1) is 15.8. The van der Waals surface area contributed by atoms with Crippen LogP contribution in [0.4, 0.5) is 0 Å². The second-order valence-corrected chi connectivity index (χ2v) is 6.90. The van der Waals surface area contributed by atoms with Crippen LogP contribution in [0.25, 0.3) is 0 Å². The lowest BCUT2D eigenvalue weighted by atomic mass is 10.1. The van der Waals surface area contributed by atoms with E-state index in [1.54, 1.807) is 40.1 Å². The lowest BCUT2D eigenvalue weighted by molar-refractivity contribution is -0.130. The molecule has 0 aliphatic heterocycles. The number of nitrogens with zero attached hydrogens (tertiary/aromatic N) is 1. The molecule has 19 heavy (non-hydrogen) atoms. The molecule has 0 unspecified atom stereocenters. The Kier molecular flexibility index (Phi) is 4.81. The van der Waals surface area contributed by atoms with E-state index in [4.69, 9.17) is 15.4 Å². The Bertz CT molecular complexity index is 573. The number of hydrogen-bond donors (Lipinski definition) is 0. The number of rotatable bonds is 4. The van der Waals surface area contributed by atoms with Gasteiger partial charge in [0.15, 0.2) is 6.61 Å². The molecule has 1 aromatic carbocycles. The van der Waals surface area contributed by atoms with Crippen LogP contribution in [0, 0.1) is 13.8 Å². The van der Waals surface area contributed by atoms with Crippen molar-refractivity contribution in [2.75, 3.05) is 20.7 Å². The number of carbonyl (C=O) groups excluding carboxylic acids is 1. The van der Waals surface area contributed by atoms with Crippen molar-refractivity contribution in [1.82, 2.24) is 4.90 Å². The zero-order valence-electron chi connectivity index (χ0n) is 11.2. The molecule has 0 radical (unpaired) electrons. The van der Waals surface area contributed by atoms with E-state index in [-0.39, 0.29) is 17.4 Å². The van der Waals surface area contributed by atoms with Gasteiger partial charge in [0.2, 0.25) is 0 Å². The molecule has 0 spiro atoms. The summed E-state index contributed by atoms with van der Waals surface area (Å²) in [5, 5.41) is 0. The van der Waals surface area contributed by atoms with Crippen molar-refractivity contribution in [2.45, 2.75) is 18.7 Å². The van der Waals surface area contributed by atoms with E-state index in [1.165, 1.54) is 4.90 Å². The van der Waals surface area contributed by atoms with Crippen LogP contribution in [0.2, 0.25) is 0 Å². The summed E-state index contributed by atoms with van der Waals surface area (Å²) in [5.41, 5.74) is 0.976. The molecule has 0 saturated heterocycles. The van der Waals surface area contributed by atoms with E-state index in [9.17, 15) is 13.2 Å². The Labute approximate surface area is 117 Å². The molecule has 0 aromatic heterocycles. The van der Waals surface area contributed by atoms with Crippen molar-refractivity contribution in [2.24, 2.45) is 0 Å². The minimum Gasteiger partial charge on any atom is -0.484 e. The van der Waals surface area contributed by atoms with E-state index in [0.717, 1.165) is 0 Å². The molecule has 0 fully saturated rings. The van der Waals surface area contributed by atoms with Crippen LogP contribution in [0.3, 0.4) is 0 Å². The van der Waals surface area contributed by atoms with Gasteiger partial charge in [0.05, 0.1) is 4.90 Å². The molecule has 0 aliphatic rings. The number of benzene rings is 1. The summed E-state index contributed by atoms with van der Waals surface area (Å²) in [6.07, 6.45) is 0. The van der Waals surface area contributed by atoms with Crippen LogP contribution < -0.4 is 4.74 Å². The van der Waals surface area contributed by atoms with Crippen LogP contribution in [0.5, 0.6) is 5.75 Å². The van der Waals surface area contributed by atoms with Gasteiger partial charge in [-0.2, -0.15) is 0 Å². The first-order chi connectivity index (χ1) is 8.62. The smallest absolute Gasteiger partial charge is 0.261 e. The minimum absolute atomic E-state index is 0.0838. The topological polar surface area (TPSA) is 63.7 Å². The maximum absolute atomic E-state index is 11.4. The number of amides is 1. The summed E-state index contributed by atoms with van der Waals surface area (Å²) in [4.78, 5) is 12.9. The van der Waals surface area contributed by atoms with Gasteiger partial charge in [-0.1, -0.05) is 0 Å². The van der Waals surface area contributed by atoms with Gasteiger partial charge in [-0.05, 0) is 37.1 Å². The molecular weight excluding hydrogens is 290 g/mol. The Morgan fingerprint density at radius 3 is 2.11 bits per heavy atom. The average Bonchev–Trinajstić information content (AvgIpc) is 2.22. The van der Waals surface area contributed by atoms with Gasteiger partial charge in [-0.3, -0.25) is 4.79 Å². The maximum atomic E-state index is 11.4. The zero-order valence-corrected chi connectivity index (χ0v) is 12.8. The Hall–Kier alpha value is -1.27. The lowest BCUT2D eigenvalue weighted by Crippen LogP contribution is -2.27. The number of halogens is 1. The van der Waals surface area contributed by atoms with Gasteiger partial charge in [0, 0.05) is 24.8 Å². The molecular formula is C12H16ClNO4S. The van der Waals surface area contributed by atoms with Crippen LogP contribution >= 0.6 is 10.7 Å². The van der Waals surface area contributed by atoms with Gasteiger partial charge in [0.1, 0.15) is 5.75 Å². The highest BCUT2D eigenvalue weighted by Crippen LogP contribution is 2.28. The lowest BCUT2D eigenvalue weighted by Gasteiger charge is -2.13. The SMILES string of the molecule is Cc1cc(OCC(=O)N(C)C)cc(C)c1S(=O)(=O)Cl. The van der Waals surface area contributed by atoms with E-state index in [2.05, 4.69) is 0 Å². The molecule has 0 aliphatic carbocycles. The molecule has 0 saturated carbocycles. The summed E-state index contributed by atoms with van der Waals surface area (Å²) in [7, 11) is 4.84. The third-order valence-electron chi connectivity index (χ3n) is 2.54. The third kappa shape index (κ3) is 4.11. The van der Waals surface area contributed by atoms with Crippen LogP contribution in [0.15, 0.2) is 17.0 Å². The number of likely N-dealkylation sites (N-methyl/N-ethyl adjacent to an activating group) is 1. The molecule has 0 N–H and O–H groups in total. The van der Waals surface area contributed by atoms with E-state index < -0.39 is 9.05 Å². The molecule has 0 atom stereocenters. The highest BCUT2D eigenvalue weighted by atomic mass is 35.7. The molecule has 0 bridgehead atoms. The van der Waals surface area contributed by atoms with Crippen molar-refractivity contribution >= 4 is 25.6 Å². The van der Waals surface area contributed by atoms with E-state index >= 15 is 0 Å². The molecule has 5 nitrogen and oxygen atoms in total. The van der Waals surface area contributed by atoms with Gasteiger partial charge in [-0.25, -0.2) is 8.42 Å². The maximum Gasteiger partial charge on any atom is 0.261 e. The highest BCUT2D eigenvalue weighted by Gasteiger charge is 2.18. The average molecular weight is 306 g/mol. The monoisotopic (exact) mass is 305 g/mol. The van der Waals surface area contributed by atoms with E-state index in [0.29, 0.717) is 16.9 Å². The first-order valence-electron chi connectivity index (χ1n) is 5.51. The predicted octanol–water partition coefficient (Wildman–Crippen LogP) is 1.70. The number of ether oxygens (including phenoxy) is 1. The largest absolute Gasteiger partial charge is 0.484 e. The molecule has 0 heterocycles. The fourth-order valence-corrected chi connectivity index (χ4v) is 3.27. The van der Waals surface area contributed by atoms with Gasteiger partial charge >= 0.3 is 0 Å². The normalized spacial score (nSPS) is 11.2. The Morgan fingerprint density at radius 2 is 1.74 bits per heavy atom. The second kappa shape index (κ2) is 5.79. The molecule has 1 rings (SSSR count). The van der Waals surface area contributed by atoms with Crippen molar-refractivity contribution in [3.05, 3.63) is 23.3 Å². The van der Waals surface area contributed by atoms with E-state index in [1.807, 2.05) is 0 Å². The minimum atomic E-state index is -3.78. The quantitative estimate of drug-likeness (QED) is 0.794. The van der Waals surface area contributed by atoms with Crippen molar-refractivity contribution in [1.29, 1.82) is 0 Å². The van der Waals surface area contributed by atoms with Crippen LogP contribution in [0.1, 0.15) is 11.1 Å². The summed E-state index contributed by atoms with van der Waals surface area (Å²) in [6, 6.07) is 3.09. The van der Waals surface area contributed by atoms with Crippen LogP contribution in [-0.2, 0) is 13.8 Å². The predicted molar refractivity (Wildman–Crippen MR) is 73.1 cm³/mol. The molecule has 1 aromatic rings. The summed E-state index contributed by atoms with van der Waals surface area (Å²) in [5.74, 6) is 0.263. The third-order valence-corrected chi connectivity index (χ3v) is 4.13. The molecule has 7 heteroatoms. The fourth-order valence-electron chi connectivity index (χ4n) is 1.65. The first-order valence-corrected chi connectivity index (χ1v) is 7.82. The van der Waals surface area contributed by atoms with Crippen LogP contribution in [-0.4, -0.2) is 39.9 Å². The Balaban J connectivity index is 3.00. The number of aryl methyl sites for hydroxylation is 2. The standard InChI is InChI=1S/C12H16ClNO4S/c1-8-5-10(18-7-11(15)14(3)4)6-9(2)12(8)19(13,16)17/h5-6H,7H2,1-4H3. The highest BCUT2D eigenvalue weighted by molar-refractivity contribution is 8.13. The number of carbonyl (C=O) groups is 1. The van der Waals surface area contributed by atoms with Gasteiger partial charge in [-0.15, -0.1) is 0 Å². The van der Waals surface area contributed by atoms with Crippen molar-refractivity contribution in [3.8, 4) is 5.75 Å². The van der Waals surface area contributed by atoms with Crippen molar-refractivity contribution in [3.63, 3.8) is 0 Å². The van der Waals surface area contributed by atoms with Gasteiger partial charge in [0.25, 0.3) is 15.0 Å². The van der Waals surface area contributed by atoms with Crippen molar-refractivity contribution < 1.29 is 17.9 Å². The molecule has 1 amide bonds. The molecule has 106 valence electrons. The number of hydrogen-bond acceptors (Lipinski definition) is 4. The summed E-state index contributed by atoms with van der Waals surface area (Å²) < 4.78 is 28.1. The second-order valence-electron chi connectivity index (χ2n) is 4.40. The fraction of sp³-hybridized carbons (Fsp3) is 0.417. The Morgan fingerprint density at radius 1 is 1.26 bits per heavy atom. The van der Waals surface area contributed by atoms with Gasteiger partial charge < -0.3 is 9.64 Å².